The van der Waals surface area contributed by atoms with Gasteiger partial charge >= 0.3 is 0 Å². The fraction of sp³-hybridized carbons (Fsp3) is 0. The van der Waals surface area contributed by atoms with Crippen molar-refractivity contribution in [3.8, 4) is 22.6 Å². The molecule has 0 aliphatic rings. The maximum Gasteiger partial charge on any atom is 0.206 e. The Bertz CT molecular complexity index is 1060. The molecule has 2 N–H and O–H groups in total. The van der Waals surface area contributed by atoms with E-state index in [1.165, 1.54) is 59.7 Å². The van der Waals surface area contributed by atoms with Gasteiger partial charge in [-0.05, 0) is 83.9 Å². The van der Waals surface area contributed by atoms with Gasteiger partial charge in [0.15, 0.2) is 0 Å². The van der Waals surface area contributed by atoms with Crippen LogP contribution < -0.4 is 0 Å². The molecule has 146 valence electrons. The summed E-state index contributed by atoms with van der Waals surface area (Å²) in [6.45, 7) is 0. The van der Waals surface area contributed by atoms with Gasteiger partial charge in [0, 0.05) is 24.8 Å². The SMILES string of the molecule is O=S(=O)(c1ccc(O)cc1)c1ccc(O)cc1.c1cc(-c2ccncc2)ccn1. The molecule has 0 radical (unpaired) electrons. The largest absolute Gasteiger partial charge is 0.508 e. The van der Waals surface area contributed by atoms with Crippen LogP contribution in [0.2, 0.25) is 0 Å². The monoisotopic (exact) mass is 406 g/mol. The predicted octanol–water partition coefficient (Wildman–Crippen LogP) is 4.07. The van der Waals surface area contributed by atoms with Crippen LogP contribution in [0.1, 0.15) is 0 Å². The summed E-state index contributed by atoms with van der Waals surface area (Å²) in [6, 6.07) is 18.5. The molecule has 4 rings (SSSR count). The fourth-order valence-corrected chi connectivity index (χ4v) is 3.74. The maximum atomic E-state index is 12.1. The molecule has 7 heteroatoms. The molecule has 0 unspecified atom stereocenters. The third-order valence-corrected chi connectivity index (χ3v) is 5.77. The first-order chi connectivity index (χ1) is 14.0. The van der Waals surface area contributed by atoms with Crippen molar-refractivity contribution in [3.63, 3.8) is 0 Å². The van der Waals surface area contributed by atoms with E-state index in [4.69, 9.17) is 10.2 Å². The maximum absolute atomic E-state index is 12.1. The number of hydrogen-bond donors (Lipinski definition) is 2. The van der Waals surface area contributed by atoms with Gasteiger partial charge in [0.1, 0.15) is 11.5 Å². The van der Waals surface area contributed by atoms with Crippen LogP contribution in [0.15, 0.2) is 107 Å². The van der Waals surface area contributed by atoms with Crippen molar-refractivity contribution in [2.24, 2.45) is 0 Å². The highest BCUT2D eigenvalue weighted by Gasteiger charge is 2.17. The smallest absolute Gasteiger partial charge is 0.206 e. The molecule has 0 saturated carbocycles. The van der Waals surface area contributed by atoms with Crippen LogP contribution in [0.25, 0.3) is 11.1 Å². The highest BCUT2D eigenvalue weighted by Crippen LogP contribution is 2.24. The van der Waals surface area contributed by atoms with Crippen molar-refractivity contribution in [3.05, 3.63) is 97.6 Å². The molecule has 2 aromatic heterocycles. The molecule has 0 spiro atoms. The van der Waals surface area contributed by atoms with Gasteiger partial charge in [0.25, 0.3) is 0 Å². The van der Waals surface area contributed by atoms with Crippen LogP contribution in [-0.4, -0.2) is 28.6 Å². The second-order valence-corrected chi connectivity index (χ2v) is 7.91. The van der Waals surface area contributed by atoms with E-state index in [1.807, 2.05) is 24.3 Å². The number of aromatic nitrogens is 2. The lowest BCUT2D eigenvalue weighted by atomic mass is 10.1. The number of nitrogens with zero attached hydrogens (tertiary/aromatic N) is 2. The molecule has 2 heterocycles. The number of pyridine rings is 2. The molecule has 4 aromatic rings. The van der Waals surface area contributed by atoms with E-state index in [-0.39, 0.29) is 21.3 Å². The van der Waals surface area contributed by atoms with E-state index < -0.39 is 9.84 Å². The highest BCUT2D eigenvalue weighted by atomic mass is 32.2. The average Bonchev–Trinajstić information content (AvgIpc) is 2.76. The minimum Gasteiger partial charge on any atom is -0.508 e. The Labute approximate surface area is 168 Å². The van der Waals surface area contributed by atoms with Gasteiger partial charge in [-0.25, -0.2) is 8.42 Å². The zero-order chi connectivity index (χ0) is 20.7. The van der Waals surface area contributed by atoms with Crippen molar-refractivity contribution in [2.45, 2.75) is 9.79 Å². The van der Waals surface area contributed by atoms with Gasteiger partial charge in [-0.1, -0.05) is 0 Å². The van der Waals surface area contributed by atoms with Crippen molar-refractivity contribution < 1.29 is 18.6 Å². The summed E-state index contributed by atoms with van der Waals surface area (Å²) >= 11 is 0. The van der Waals surface area contributed by atoms with Crippen molar-refractivity contribution in [1.82, 2.24) is 9.97 Å². The van der Waals surface area contributed by atoms with Crippen LogP contribution in [0.3, 0.4) is 0 Å². The first-order valence-corrected chi connectivity index (χ1v) is 10.1. The molecule has 0 amide bonds. The molecule has 0 saturated heterocycles. The molecule has 2 aromatic carbocycles. The molecule has 0 aliphatic heterocycles. The van der Waals surface area contributed by atoms with E-state index in [0.717, 1.165) is 0 Å². The summed E-state index contributed by atoms with van der Waals surface area (Å²) in [5, 5.41) is 18.2. The van der Waals surface area contributed by atoms with Crippen molar-refractivity contribution >= 4 is 9.84 Å². The van der Waals surface area contributed by atoms with Gasteiger partial charge < -0.3 is 10.2 Å². The third kappa shape index (κ3) is 5.18. The average molecular weight is 406 g/mol. The minimum absolute atomic E-state index is 0.00894. The van der Waals surface area contributed by atoms with E-state index >= 15 is 0 Å². The van der Waals surface area contributed by atoms with Crippen molar-refractivity contribution in [1.29, 1.82) is 0 Å². The van der Waals surface area contributed by atoms with Crippen LogP contribution in [0.5, 0.6) is 11.5 Å². The van der Waals surface area contributed by atoms with Crippen LogP contribution in [0.4, 0.5) is 0 Å². The fourth-order valence-electron chi connectivity index (χ4n) is 2.48. The predicted molar refractivity (Wildman–Crippen MR) is 109 cm³/mol. The number of phenols is 2. The van der Waals surface area contributed by atoms with Gasteiger partial charge in [-0.2, -0.15) is 0 Å². The summed E-state index contributed by atoms with van der Waals surface area (Å²) in [5.74, 6) is 0.0179. The third-order valence-electron chi connectivity index (χ3n) is 3.99. The Morgan fingerprint density at radius 2 is 0.828 bits per heavy atom. The summed E-state index contributed by atoms with van der Waals surface area (Å²) in [4.78, 5) is 8.11. The first kappa shape index (κ1) is 20.0. The summed E-state index contributed by atoms with van der Waals surface area (Å²) in [6.07, 6.45) is 7.15. The Balaban J connectivity index is 0.000000176. The molecule has 0 atom stereocenters. The van der Waals surface area contributed by atoms with Crippen molar-refractivity contribution in [2.75, 3.05) is 0 Å². The first-order valence-electron chi connectivity index (χ1n) is 8.60. The molecule has 29 heavy (non-hydrogen) atoms. The summed E-state index contributed by atoms with van der Waals surface area (Å²) < 4.78 is 24.2. The normalized spacial score (nSPS) is 10.6. The molecule has 0 aliphatic carbocycles. The van der Waals surface area contributed by atoms with Crippen LogP contribution in [0, 0.1) is 0 Å². The number of rotatable bonds is 3. The lowest BCUT2D eigenvalue weighted by molar-refractivity contribution is 0.474. The van der Waals surface area contributed by atoms with Crippen LogP contribution in [-0.2, 0) is 9.84 Å². The van der Waals surface area contributed by atoms with Gasteiger partial charge in [0.05, 0.1) is 9.79 Å². The topological polar surface area (TPSA) is 100 Å². The molecular weight excluding hydrogens is 388 g/mol. The zero-order valence-electron chi connectivity index (χ0n) is 15.3. The lowest BCUT2D eigenvalue weighted by Crippen LogP contribution is -2.01. The molecule has 6 nitrogen and oxygen atoms in total. The van der Waals surface area contributed by atoms with E-state index in [2.05, 4.69) is 9.97 Å². The Morgan fingerprint density at radius 3 is 1.14 bits per heavy atom. The quantitative estimate of drug-likeness (QED) is 0.532. The van der Waals surface area contributed by atoms with E-state index in [9.17, 15) is 8.42 Å². The second kappa shape index (κ2) is 8.99. The standard InChI is InChI=1S/C12H10O4S.C10H8N2/c13-9-1-5-11(6-2-9)17(15,16)12-7-3-10(14)4-8-12;1-5-11-6-2-9(1)10-3-7-12-8-4-10/h1-8,13-14H;1-8H. The van der Waals surface area contributed by atoms with Crippen LogP contribution >= 0.6 is 0 Å². The number of hydrogen-bond acceptors (Lipinski definition) is 6. The van der Waals surface area contributed by atoms with Gasteiger partial charge in [0.2, 0.25) is 9.84 Å². The van der Waals surface area contributed by atoms with Gasteiger partial charge in [-0.3, -0.25) is 9.97 Å². The molecule has 0 bridgehead atoms. The lowest BCUT2D eigenvalue weighted by Gasteiger charge is -2.04. The number of benzene rings is 2. The molecular formula is C22H18N2O4S. The highest BCUT2D eigenvalue weighted by molar-refractivity contribution is 7.91. The summed E-state index contributed by atoms with van der Waals surface area (Å²) in [5.41, 5.74) is 2.35. The van der Waals surface area contributed by atoms with E-state index in [1.54, 1.807) is 24.8 Å². The summed E-state index contributed by atoms with van der Waals surface area (Å²) in [7, 11) is -3.59. The Kier molecular flexibility index (Phi) is 6.21. The Morgan fingerprint density at radius 1 is 0.517 bits per heavy atom. The van der Waals surface area contributed by atoms with E-state index in [0.29, 0.717) is 0 Å². The Hall–Kier alpha value is -3.71. The minimum atomic E-state index is -3.59. The number of aromatic hydroxyl groups is 2. The van der Waals surface area contributed by atoms with Gasteiger partial charge in [-0.15, -0.1) is 0 Å². The number of phenolic OH excluding ortho intramolecular Hbond substituents is 2. The second-order valence-electron chi connectivity index (χ2n) is 5.96. The number of sulfone groups is 1. The molecule has 0 fully saturated rings. The zero-order valence-corrected chi connectivity index (χ0v) is 16.1.